The first-order valence-electron chi connectivity index (χ1n) is 8.17. The maximum atomic E-state index is 12.1. The summed E-state index contributed by atoms with van der Waals surface area (Å²) in [6.07, 6.45) is -0.123. The fourth-order valence-corrected chi connectivity index (χ4v) is 2.59. The van der Waals surface area contributed by atoms with Crippen LogP contribution in [0.25, 0.3) is 16.8 Å². The zero-order valence-corrected chi connectivity index (χ0v) is 14.1. The molecule has 3 aromatic carbocycles. The lowest BCUT2D eigenvalue weighted by Gasteiger charge is -2.03. The van der Waals surface area contributed by atoms with Crippen molar-refractivity contribution in [1.82, 2.24) is 9.78 Å². The highest BCUT2D eigenvalue weighted by Crippen LogP contribution is 2.22. The van der Waals surface area contributed by atoms with E-state index in [2.05, 4.69) is 11.2 Å². The summed E-state index contributed by atoms with van der Waals surface area (Å²) in [7, 11) is 0. The minimum Gasteiger partial charge on any atom is -0.410 e. The number of aromatic nitrogens is 2. The van der Waals surface area contributed by atoms with Gasteiger partial charge in [0.1, 0.15) is 5.75 Å². The number of ether oxygens (including phenoxy) is 1. The standard InChI is InChI=1S/C21H13N3O3/c22-14-15-6-8-16(9-7-15)17-10-12-18(13-11-17)24-21(25)27-20(23-24)26-19-4-2-1-3-5-19/h1-13H. The van der Waals surface area contributed by atoms with Crippen LogP contribution in [0.2, 0.25) is 0 Å². The van der Waals surface area contributed by atoms with Crippen LogP contribution < -0.4 is 10.5 Å². The summed E-state index contributed by atoms with van der Waals surface area (Å²) in [6, 6.07) is 25.6. The Bertz CT molecular complexity index is 1150. The van der Waals surface area contributed by atoms with Gasteiger partial charge in [-0.2, -0.15) is 9.94 Å². The molecule has 0 saturated heterocycles. The molecule has 0 N–H and O–H groups in total. The Morgan fingerprint density at radius 2 is 1.52 bits per heavy atom. The second-order valence-electron chi connectivity index (χ2n) is 5.70. The molecule has 1 aromatic heterocycles. The highest BCUT2D eigenvalue weighted by molar-refractivity contribution is 5.65. The molecule has 0 bridgehead atoms. The zero-order chi connectivity index (χ0) is 18.6. The van der Waals surface area contributed by atoms with Crippen LogP contribution in [0.3, 0.4) is 0 Å². The van der Waals surface area contributed by atoms with Crippen LogP contribution in [-0.4, -0.2) is 9.78 Å². The highest BCUT2D eigenvalue weighted by Gasteiger charge is 2.12. The number of rotatable bonds is 4. The quantitative estimate of drug-likeness (QED) is 0.549. The maximum absolute atomic E-state index is 12.1. The second kappa shape index (κ2) is 7.02. The number of nitrogens with zero attached hydrogens (tertiary/aromatic N) is 3. The number of para-hydroxylation sites is 1. The number of hydrogen-bond donors (Lipinski definition) is 0. The van der Waals surface area contributed by atoms with Crippen molar-refractivity contribution in [3.63, 3.8) is 0 Å². The Morgan fingerprint density at radius 3 is 2.15 bits per heavy atom. The largest absolute Gasteiger partial charge is 0.444 e. The summed E-state index contributed by atoms with van der Waals surface area (Å²) < 4.78 is 11.6. The molecule has 0 aliphatic rings. The molecule has 0 fully saturated rings. The molecule has 27 heavy (non-hydrogen) atoms. The van der Waals surface area contributed by atoms with E-state index in [0.717, 1.165) is 15.8 Å². The Balaban J connectivity index is 1.58. The summed E-state index contributed by atoms with van der Waals surface area (Å²) >= 11 is 0. The van der Waals surface area contributed by atoms with Gasteiger partial charge < -0.3 is 9.15 Å². The van der Waals surface area contributed by atoms with Gasteiger partial charge in [-0.25, -0.2) is 4.79 Å². The lowest BCUT2D eigenvalue weighted by molar-refractivity contribution is 0.320. The van der Waals surface area contributed by atoms with Gasteiger partial charge in [0, 0.05) is 0 Å². The molecule has 0 aliphatic carbocycles. The van der Waals surface area contributed by atoms with Crippen LogP contribution in [0.5, 0.6) is 11.8 Å². The summed E-state index contributed by atoms with van der Waals surface area (Å²) in [6.45, 7) is 0. The van der Waals surface area contributed by atoms with Gasteiger partial charge in [0.05, 0.1) is 17.3 Å². The average molecular weight is 355 g/mol. The van der Waals surface area contributed by atoms with Crippen LogP contribution in [0.15, 0.2) is 88.1 Å². The number of hydrogen-bond acceptors (Lipinski definition) is 5. The van der Waals surface area contributed by atoms with Crippen molar-refractivity contribution in [2.75, 3.05) is 0 Å². The molecule has 0 saturated carbocycles. The van der Waals surface area contributed by atoms with Crippen molar-refractivity contribution < 1.29 is 9.15 Å². The lowest BCUT2D eigenvalue weighted by Crippen LogP contribution is -2.13. The van der Waals surface area contributed by atoms with Gasteiger partial charge in [-0.1, -0.05) is 47.6 Å². The van der Waals surface area contributed by atoms with E-state index in [1.165, 1.54) is 0 Å². The molecule has 0 unspecified atom stereocenters. The van der Waals surface area contributed by atoms with E-state index in [1.54, 1.807) is 36.4 Å². The van der Waals surface area contributed by atoms with Crippen LogP contribution in [-0.2, 0) is 0 Å². The predicted octanol–water partition coefficient (Wildman–Crippen LogP) is 4.16. The first-order valence-corrected chi connectivity index (χ1v) is 8.17. The van der Waals surface area contributed by atoms with Gasteiger partial charge in [-0.15, -0.1) is 0 Å². The molecule has 6 nitrogen and oxygen atoms in total. The van der Waals surface area contributed by atoms with Crippen molar-refractivity contribution >= 4 is 0 Å². The third-order valence-electron chi connectivity index (χ3n) is 3.94. The second-order valence-corrected chi connectivity index (χ2v) is 5.70. The third kappa shape index (κ3) is 3.48. The summed E-state index contributed by atoms with van der Waals surface area (Å²) in [5.41, 5.74) is 3.10. The molecule has 4 rings (SSSR count). The molecule has 0 aliphatic heterocycles. The van der Waals surface area contributed by atoms with E-state index in [1.807, 2.05) is 42.5 Å². The minimum atomic E-state index is -0.632. The molecule has 4 aromatic rings. The van der Waals surface area contributed by atoms with Crippen molar-refractivity contribution in [3.05, 3.63) is 95.0 Å². The van der Waals surface area contributed by atoms with E-state index in [9.17, 15) is 4.79 Å². The van der Waals surface area contributed by atoms with Crippen LogP contribution in [0.4, 0.5) is 0 Å². The van der Waals surface area contributed by atoms with Crippen molar-refractivity contribution in [1.29, 1.82) is 5.26 Å². The van der Waals surface area contributed by atoms with Crippen LogP contribution >= 0.6 is 0 Å². The Hall–Kier alpha value is -4.11. The van der Waals surface area contributed by atoms with E-state index >= 15 is 0 Å². The lowest BCUT2D eigenvalue weighted by atomic mass is 10.0. The molecular formula is C21H13N3O3. The molecule has 0 spiro atoms. The number of benzene rings is 3. The molecule has 0 atom stereocenters. The maximum Gasteiger partial charge on any atom is 0.444 e. The highest BCUT2D eigenvalue weighted by atomic mass is 16.6. The summed E-state index contributed by atoms with van der Waals surface area (Å²) in [5.74, 6) is -0.103. The Morgan fingerprint density at radius 1 is 0.889 bits per heavy atom. The molecule has 0 radical (unpaired) electrons. The third-order valence-corrected chi connectivity index (χ3v) is 3.94. The Labute approximate surface area is 154 Å². The fourth-order valence-electron chi connectivity index (χ4n) is 2.59. The summed E-state index contributed by atoms with van der Waals surface area (Å²) in [4.78, 5) is 12.1. The van der Waals surface area contributed by atoms with Crippen molar-refractivity contribution in [2.24, 2.45) is 0 Å². The van der Waals surface area contributed by atoms with Crippen molar-refractivity contribution in [2.45, 2.75) is 0 Å². The van der Waals surface area contributed by atoms with Crippen molar-refractivity contribution in [3.8, 4) is 34.7 Å². The first kappa shape index (κ1) is 16.4. The molecule has 6 heteroatoms. The van der Waals surface area contributed by atoms with E-state index in [0.29, 0.717) is 17.0 Å². The monoisotopic (exact) mass is 355 g/mol. The van der Waals surface area contributed by atoms with Gasteiger partial charge in [0.2, 0.25) is 0 Å². The normalized spacial score (nSPS) is 10.3. The Kier molecular flexibility index (Phi) is 4.25. The van der Waals surface area contributed by atoms with Gasteiger partial charge in [0.25, 0.3) is 0 Å². The zero-order valence-electron chi connectivity index (χ0n) is 14.1. The topological polar surface area (TPSA) is 81.1 Å². The molecule has 130 valence electrons. The number of nitriles is 1. The first-order chi connectivity index (χ1) is 13.2. The molecule has 0 amide bonds. The van der Waals surface area contributed by atoms with Gasteiger partial charge in [0.15, 0.2) is 0 Å². The smallest absolute Gasteiger partial charge is 0.410 e. The van der Waals surface area contributed by atoms with Gasteiger partial charge in [-0.05, 0) is 47.5 Å². The summed E-state index contributed by atoms with van der Waals surface area (Å²) in [5, 5.41) is 13.0. The fraction of sp³-hybridized carbons (Fsp3) is 0. The average Bonchev–Trinajstić information content (AvgIpc) is 3.09. The van der Waals surface area contributed by atoms with Gasteiger partial charge >= 0.3 is 11.8 Å². The van der Waals surface area contributed by atoms with Gasteiger partial charge in [-0.3, -0.25) is 0 Å². The van der Waals surface area contributed by atoms with Crippen LogP contribution in [0.1, 0.15) is 5.56 Å². The predicted molar refractivity (Wildman–Crippen MR) is 98.8 cm³/mol. The molecule has 1 heterocycles. The van der Waals surface area contributed by atoms with E-state index in [-0.39, 0.29) is 6.08 Å². The van der Waals surface area contributed by atoms with E-state index < -0.39 is 5.76 Å². The molecular weight excluding hydrogens is 342 g/mol. The minimum absolute atomic E-state index is 0.123. The van der Waals surface area contributed by atoms with Crippen LogP contribution in [0, 0.1) is 11.3 Å². The SMILES string of the molecule is N#Cc1ccc(-c2ccc(-n3nc(Oc4ccccc4)oc3=O)cc2)cc1. The van der Waals surface area contributed by atoms with E-state index in [4.69, 9.17) is 14.4 Å².